The van der Waals surface area contributed by atoms with Crippen LogP contribution in [0.1, 0.15) is 33.0 Å². The molecule has 1 N–H and O–H groups in total. The molecule has 0 radical (unpaired) electrons. The van der Waals surface area contributed by atoms with E-state index in [1.807, 2.05) is 5.38 Å². The molecule has 0 unspecified atom stereocenters. The molecule has 19 heavy (non-hydrogen) atoms. The van der Waals surface area contributed by atoms with Gasteiger partial charge in [0.25, 0.3) is 0 Å². The van der Waals surface area contributed by atoms with E-state index in [9.17, 15) is 0 Å². The Labute approximate surface area is 118 Å². The van der Waals surface area contributed by atoms with Gasteiger partial charge in [-0.05, 0) is 30.7 Å². The molecule has 0 saturated heterocycles. The van der Waals surface area contributed by atoms with Gasteiger partial charge in [-0.2, -0.15) is 0 Å². The lowest BCUT2D eigenvalue weighted by molar-refractivity contribution is 0.106. The number of ether oxygens (including phenoxy) is 1. The van der Waals surface area contributed by atoms with E-state index in [4.69, 9.17) is 4.74 Å². The van der Waals surface area contributed by atoms with Crippen LogP contribution < -0.4 is 5.32 Å². The van der Waals surface area contributed by atoms with Crippen LogP contribution in [0.2, 0.25) is 0 Å². The predicted octanol–water partition coefficient (Wildman–Crippen LogP) is 3.69. The Balaban J connectivity index is 2.06. The second-order valence-electron chi connectivity index (χ2n) is 4.89. The molecule has 104 valence electrons. The lowest BCUT2D eigenvalue weighted by Gasteiger charge is -2.08. The third-order valence-corrected chi connectivity index (χ3v) is 3.59. The van der Waals surface area contributed by atoms with Crippen molar-refractivity contribution in [1.29, 1.82) is 0 Å². The zero-order valence-corrected chi connectivity index (χ0v) is 12.6. The Kier molecular flexibility index (Phi) is 5.10. The molecule has 0 aliphatic rings. The molecule has 5 heteroatoms. The summed E-state index contributed by atoms with van der Waals surface area (Å²) in [6.07, 6.45) is 1.07. The minimum Gasteiger partial charge on any atom is -0.373 e. The third kappa shape index (κ3) is 3.88. The average molecular weight is 279 g/mol. The summed E-state index contributed by atoms with van der Waals surface area (Å²) in [5.74, 6) is 2.34. The van der Waals surface area contributed by atoms with E-state index < -0.39 is 0 Å². The number of anilines is 1. The number of hydrogen-bond donors (Lipinski definition) is 1. The normalized spacial score (nSPS) is 11.4. The molecule has 2 heterocycles. The van der Waals surface area contributed by atoms with Crippen LogP contribution in [0.4, 0.5) is 5.82 Å². The molecule has 0 aliphatic heterocycles. The van der Waals surface area contributed by atoms with Crippen molar-refractivity contribution < 1.29 is 4.74 Å². The highest BCUT2D eigenvalue weighted by Crippen LogP contribution is 2.25. The van der Waals surface area contributed by atoms with E-state index in [0.717, 1.165) is 41.4 Å². The number of nitrogens with one attached hydrogen (secondary N) is 1. The van der Waals surface area contributed by atoms with Gasteiger partial charge in [-0.25, -0.2) is 9.97 Å². The van der Waals surface area contributed by atoms with Gasteiger partial charge in [0, 0.05) is 13.2 Å². The summed E-state index contributed by atoms with van der Waals surface area (Å²) in [6, 6.07) is 2.06. The van der Waals surface area contributed by atoms with Gasteiger partial charge in [-0.3, -0.25) is 0 Å². The van der Waals surface area contributed by atoms with Gasteiger partial charge in [0.1, 0.15) is 17.3 Å². The zero-order chi connectivity index (χ0) is 13.7. The van der Waals surface area contributed by atoms with Crippen molar-refractivity contribution in [1.82, 2.24) is 9.97 Å². The summed E-state index contributed by atoms with van der Waals surface area (Å²) in [4.78, 5) is 10.1. The molecule has 2 aromatic heterocycles. The Bertz CT molecular complexity index is 524. The Morgan fingerprint density at radius 1 is 1.37 bits per heavy atom. The van der Waals surface area contributed by atoms with E-state index in [-0.39, 0.29) is 0 Å². The molecule has 0 atom stereocenters. The lowest BCUT2D eigenvalue weighted by atomic mass is 10.1. The fraction of sp³-hybridized carbons (Fsp3) is 0.571. The second-order valence-corrected chi connectivity index (χ2v) is 5.79. The van der Waals surface area contributed by atoms with Crippen molar-refractivity contribution in [3.8, 4) is 0 Å². The fourth-order valence-corrected chi connectivity index (χ4v) is 2.53. The quantitative estimate of drug-likeness (QED) is 0.785. The standard InChI is InChI=1S/C14H21N3OS/c1-4-15-13-11-6-8-19-14(11)17-12(16-13)9-18-7-5-10(2)3/h6,8,10H,4-5,7,9H2,1-3H3,(H,15,16,17). The van der Waals surface area contributed by atoms with E-state index in [1.54, 1.807) is 11.3 Å². The van der Waals surface area contributed by atoms with Crippen molar-refractivity contribution >= 4 is 27.4 Å². The van der Waals surface area contributed by atoms with Crippen LogP contribution in [0.5, 0.6) is 0 Å². The Hall–Kier alpha value is -1.20. The maximum absolute atomic E-state index is 5.64. The van der Waals surface area contributed by atoms with Crippen LogP contribution >= 0.6 is 11.3 Å². The first-order chi connectivity index (χ1) is 9.20. The van der Waals surface area contributed by atoms with Gasteiger partial charge < -0.3 is 10.1 Å². The van der Waals surface area contributed by atoms with Crippen LogP contribution in [0.15, 0.2) is 11.4 Å². The summed E-state index contributed by atoms with van der Waals surface area (Å²) >= 11 is 1.64. The molecule has 0 aromatic carbocycles. The SMILES string of the molecule is CCNc1nc(COCCC(C)C)nc2sccc12. The molecule has 0 saturated carbocycles. The molecule has 0 aliphatic carbocycles. The minimum atomic E-state index is 0.485. The van der Waals surface area contributed by atoms with Gasteiger partial charge in [0.2, 0.25) is 0 Å². The van der Waals surface area contributed by atoms with Crippen molar-refractivity contribution in [2.75, 3.05) is 18.5 Å². The molecule has 4 nitrogen and oxygen atoms in total. The zero-order valence-electron chi connectivity index (χ0n) is 11.8. The summed E-state index contributed by atoms with van der Waals surface area (Å²) in [7, 11) is 0. The largest absolute Gasteiger partial charge is 0.373 e. The monoisotopic (exact) mass is 279 g/mol. The summed E-state index contributed by atoms with van der Waals surface area (Å²) in [6.45, 7) is 8.56. The predicted molar refractivity (Wildman–Crippen MR) is 80.7 cm³/mol. The van der Waals surface area contributed by atoms with E-state index in [0.29, 0.717) is 12.5 Å². The van der Waals surface area contributed by atoms with Crippen molar-refractivity contribution in [3.63, 3.8) is 0 Å². The Morgan fingerprint density at radius 3 is 2.95 bits per heavy atom. The molecule has 2 aromatic rings. The molecule has 0 fully saturated rings. The van der Waals surface area contributed by atoms with Crippen molar-refractivity contribution in [3.05, 3.63) is 17.3 Å². The highest BCUT2D eigenvalue weighted by Gasteiger charge is 2.08. The van der Waals surface area contributed by atoms with Crippen LogP contribution in [0.25, 0.3) is 10.2 Å². The lowest BCUT2D eigenvalue weighted by Crippen LogP contribution is -2.06. The summed E-state index contributed by atoms with van der Waals surface area (Å²) < 4.78 is 5.64. The maximum Gasteiger partial charge on any atom is 0.158 e. The highest BCUT2D eigenvalue weighted by molar-refractivity contribution is 7.16. The molecule has 0 bridgehead atoms. The van der Waals surface area contributed by atoms with Gasteiger partial charge in [-0.1, -0.05) is 13.8 Å². The minimum absolute atomic E-state index is 0.485. The number of hydrogen-bond acceptors (Lipinski definition) is 5. The first-order valence-corrected chi connectivity index (χ1v) is 7.64. The van der Waals surface area contributed by atoms with Crippen molar-refractivity contribution in [2.45, 2.75) is 33.8 Å². The number of nitrogens with zero attached hydrogens (tertiary/aromatic N) is 2. The second kappa shape index (κ2) is 6.82. The number of thiophene rings is 1. The van der Waals surface area contributed by atoms with E-state index in [2.05, 4.69) is 42.1 Å². The third-order valence-electron chi connectivity index (χ3n) is 2.79. The van der Waals surface area contributed by atoms with Gasteiger partial charge >= 0.3 is 0 Å². The van der Waals surface area contributed by atoms with Gasteiger partial charge in [0.05, 0.1) is 5.39 Å². The van der Waals surface area contributed by atoms with E-state index >= 15 is 0 Å². The van der Waals surface area contributed by atoms with Crippen LogP contribution in [0.3, 0.4) is 0 Å². The fourth-order valence-electron chi connectivity index (χ4n) is 1.75. The molecule has 0 amide bonds. The molecular formula is C14H21N3OS. The van der Waals surface area contributed by atoms with Crippen LogP contribution in [-0.4, -0.2) is 23.1 Å². The summed E-state index contributed by atoms with van der Waals surface area (Å²) in [5.41, 5.74) is 0. The highest BCUT2D eigenvalue weighted by atomic mass is 32.1. The average Bonchev–Trinajstić information content (AvgIpc) is 2.83. The number of aromatic nitrogens is 2. The van der Waals surface area contributed by atoms with Crippen LogP contribution in [-0.2, 0) is 11.3 Å². The summed E-state index contributed by atoms with van der Waals surface area (Å²) in [5, 5.41) is 6.43. The van der Waals surface area contributed by atoms with Crippen molar-refractivity contribution in [2.24, 2.45) is 5.92 Å². The number of fused-ring (bicyclic) bond motifs is 1. The maximum atomic E-state index is 5.64. The smallest absolute Gasteiger partial charge is 0.158 e. The van der Waals surface area contributed by atoms with E-state index in [1.165, 1.54) is 0 Å². The molecule has 0 spiro atoms. The van der Waals surface area contributed by atoms with Gasteiger partial charge in [-0.15, -0.1) is 11.3 Å². The molecular weight excluding hydrogens is 258 g/mol. The Morgan fingerprint density at radius 2 is 2.21 bits per heavy atom. The molecule has 2 rings (SSSR count). The van der Waals surface area contributed by atoms with Gasteiger partial charge in [0.15, 0.2) is 5.82 Å². The first kappa shape index (κ1) is 14.2. The topological polar surface area (TPSA) is 47.0 Å². The first-order valence-electron chi connectivity index (χ1n) is 6.76. The number of rotatable bonds is 7. The van der Waals surface area contributed by atoms with Crippen LogP contribution in [0, 0.1) is 5.92 Å².